The van der Waals surface area contributed by atoms with Gasteiger partial charge in [-0.1, -0.05) is 17.7 Å². The number of amides is 1. The van der Waals surface area contributed by atoms with Crippen molar-refractivity contribution < 1.29 is 27.4 Å². The molecule has 170 valence electrons. The fraction of sp³-hybridized carbons (Fsp3) is 0.381. The van der Waals surface area contributed by atoms with Gasteiger partial charge in [0.15, 0.2) is 11.5 Å². The molecule has 10 heteroatoms. The zero-order chi connectivity index (χ0) is 23.2. The van der Waals surface area contributed by atoms with Gasteiger partial charge in [-0.05, 0) is 49.2 Å². The number of sulfonamides is 1. The number of ether oxygens (including phenoxy) is 3. The van der Waals surface area contributed by atoms with Crippen LogP contribution in [0.25, 0.3) is 0 Å². The van der Waals surface area contributed by atoms with Crippen molar-refractivity contribution in [3.05, 3.63) is 47.0 Å². The number of carbonyl (C=O) groups is 1. The van der Waals surface area contributed by atoms with Gasteiger partial charge < -0.3 is 19.5 Å². The minimum Gasteiger partial charge on any atom is -0.495 e. The average Bonchev–Trinajstić information content (AvgIpc) is 2.72. The first-order chi connectivity index (χ1) is 14.6. The van der Waals surface area contributed by atoms with Crippen molar-refractivity contribution >= 4 is 33.2 Å². The van der Waals surface area contributed by atoms with Gasteiger partial charge in [0.25, 0.3) is 0 Å². The molecule has 0 aliphatic rings. The molecule has 0 aromatic heterocycles. The first-order valence-electron chi connectivity index (χ1n) is 9.44. The van der Waals surface area contributed by atoms with E-state index >= 15 is 0 Å². The van der Waals surface area contributed by atoms with Crippen LogP contribution in [-0.4, -0.2) is 54.5 Å². The second-order valence-electron chi connectivity index (χ2n) is 6.78. The minimum absolute atomic E-state index is 0.245. The fourth-order valence-corrected chi connectivity index (χ4v) is 4.53. The van der Waals surface area contributed by atoms with Crippen LogP contribution >= 0.6 is 11.6 Å². The number of rotatable bonds is 10. The largest absolute Gasteiger partial charge is 0.495 e. The Kier molecular flexibility index (Phi) is 8.41. The number of anilines is 1. The predicted molar refractivity (Wildman–Crippen MR) is 121 cm³/mol. The maximum Gasteiger partial charge on any atom is 0.243 e. The Morgan fingerprint density at radius 3 is 2.19 bits per heavy atom. The number of benzene rings is 2. The molecule has 0 saturated heterocycles. The Labute approximate surface area is 188 Å². The summed E-state index contributed by atoms with van der Waals surface area (Å²) >= 11 is 6.14. The maximum absolute atomic E-state index is 12.7. The molecule has 2 aromatic carbocycles. The molecule has 0 radical (unpaired) electrons. The second-order valence-corrected chi connectivity index (χ2v) is 9.05. The van der Waals surface area contributed by atoms with Gasteiger partial charge in [0.2, 0.25) is 15.9 Å². The van der Waals surface area contributed by atoms with E-state index in [-0.39, 0.29) is 10.7 Å². The number of methoxy groups -OCH3 is 3. The van der Waals surface area contributed by atoms with Crippen LogP contribution in [-0.2, 0) is 21.2 Å². The molecule has 0 bridgehead atoms. The molecule has 1 atom stereocenters. The Morgan fingerprint density at radius 2 is 1.65 bits per heavy atom. The quantitative estimate of drug-likeness (QED) is 0.573. The summed E-state index contributed by atoms with van der Waals surface area (Å²) in [7, 11) is 0.822. The Bertz CT molecular complexity index is 1030. The van der Waals surface area contributed by atoms with Gasteiger partial charge in [-0.15, -0.1) is 0 Å². The molecule has 0 fully saturated rings. The number of halogens is 1. The summed E-state index contributed by atoms with van der Waals surface area (Å²) in [4.78, 5) is 12.7. The van der Waals surface area contributed by atoms with Gasteiger partial charge >= 0.3 is 0 Å². The summed E-state index contributed by atoms with van der Waals surface area (Å²) in [5.74, 6) is 1.19. The van der Waals surface area contributed by atoms with Crippen LogP contribution < -0.4 is 23.8 Å². The lowest BCUT2D eigenvalue weighted by Crippen LogP contribution is -2.48. The van der Waals surface area contributed by atoms with E-state index in [1.807, 2.05) is 12.1 Å². The molecule has 8 nitrogen and oxygen atoms in total. The summed E-state index contributed by atoms with van der Waals surface area (Å²) in [6.45, 7) is 1.84. The number of nitrogens with zero attached hydrogens (tertiary/aromatic N) is 1. The number of hydrogen-bond donors (Lipinski definition) is 1. The topological polar surface area (TPSA) is 94.2 Å². The van der Waals surface area contributed by atoms with Crippen molar-refractivity contribution in [1.82, 2.24) is 5.32 Å². The van der Waals surface area contributed by atoms with E-state index in [9.17, 15) is 13.2 Å². The van der Waals surface area contributed by atoms with Crippen LogP contribution in [0.1, 0.15) is 12.5 Å². The van der Waals surface area contributed by atoms with Crippen molar-refractivity contribution in [2.45, 2.75) is 19.4 Å². The molecule has 2 aromatic rings. The molecule has 0 aliphatic heterocycles. The molecule has 1 N–H and O–H groups in total. The van der Waals surface area contributed by atoms with Gasteiger partial charge in [-0.3, -0.25) is 9.10 Å². The third-order valence-electron chi connectivity index (χ3n) is 4.64. The van der Waals surface area contributed by atoms with Crippen molar-refractivity contribution in [2.24, 2.45) is 0 Å². The number of nitrogens with one attached hydrogen (secondary N) is 1. The van der Waals surface area contributed by atoms with E-state index in [1.165, 1.54) is 20.1 Å². The first-order valence-corrected chi connectivity index (χ1v) is 11.7. The molecule has 1 amide bonds. The predicted octanol–water partition coefficient (Wildman–Crippen LogP) is 2.88. The van der Waals surface area contributed by atoms with Crippen molar-refractivity contribution in [3.63, 3.8) is 0 Å². The van der Waals surface area contributed by atoms with Crippen molar-refractivity contribution in [2.75, 3.05) is 38.4 Å². The SMILES string of the molecule is COc1ccc(N([C@@H](C)C(=O)NCCc2ccc(OC)c(OC)c2)S(C)(=O)=O)cc1Cl. The summed E-state index contributed by atoms with van der Waals surface area (Å²) in [6, 6.07) is 9.06. The van der Waals surface area contributed by atoms with Crippen molar-refractivity contribution in [1.29, 1.82) is 0 Å². The third-order valence-corrected chi connectivity index (χ3v) is 6.18. The highest BCUT2D eigenvalue weighted by Crippen LogP contribution is 2.31. The smallest absolute Gasteiger partial charge is 0.243 e. The summed E-state index contributed by atoms with van der Waals surface area (Å²) in [6.07, 6.45) is 1.57. The summed E-state index contributed by atoms with van der Waals surface area (Å²) < 4.78 is 41.5. The molecule has 0 saturated carbocycles. The molecule has 0 heterocycles. The summed E-state index contributed by atoms with van der Waals surface area (Å²) in [5.41, 5.74) is 1.21. The van der Waals surface area contributed by atoms with E-state index in [2.05, 4.69) is 5.32 Å². The maximum atomic E-state index is 12.7. The number of carbonyl (C=O) groups excluding carboxylic acids is 1. The molecular weight excluding hydrogens is 444 g/mol. The average molecular weight is 471 g/mol. The standard InChI is InChI=1S/C21H27ClN2O6S/c1-14(24(31(5,26)27)16-7-9-18(28-2)17(22)13-16)21(25)23-11-10-15-6-8-19(29-3)20(12-15)30-4/h6-9,12-14H,10-11H2,1-5H3,(H,23,25)/t14-/m0/s1. The fourth-order valence-electron chi connectivity index (χ4n) is 3.12. The molecule has 0 aliphatic carbocycles. The van der Waals surface area contributed by atoms with E-state index in [1.54, 1.807) is 32.4 Å². The van der Waals surface area contributed by atoms with Gasteiger partial charge in [-0.25, -0.2) is 8.42 Å². The lowest BCUT2D eigenvalue weighted by atomic mass is 10.1. The van der Waals surface area contributed by atoms with Crippen LogP contribution in [0.2, 0.25) is 5.02 Å². The second kappa shape index (κ2) is 10.6. The molecule has 0 unspecified atom stereocenters. The Morgan fingerprint density at radius 1 is 1.03 bits per heavy atom. The Balaban J connectivity index is 2.11. The van der Waals surface area contributed by atoms with E-state index < -0.39 is 22.0 Å². The van der Waals surface area contributed by atoms with Gasteiger partial charge in [0.05, 0.1) is 38.3 Å². The highest BCUT2D eigenvalue weighted by molar-refractivity contribution is 7.92. The molecule has 31 heavy (non-hydrogen) atoms. The Hall–Kier alpha value is -2.65. The van der Waals surface area contributed by atoms with E-state index in [0.717, 1.165) is 16.1 Å². The normalized spacial score (nSPS) is 12.1. The molecular formula is C21H27ClN2O6S. The molecule has 2 rings (SSSR count). The van der Waals surface area contributed by atoms with Crippen LogP contribution in [0.3, 0.4) is 0 Å². The van der Waals surface area contributed by atoms with Crippen LogP contribution in [0.15, 0.2) is 36.4 Å². The van der Waals surface area contributed by atoms with Gasteiger partial charge in [0.1, 0.15) is 11.8 Å². The molecule has 0 spiro atoms. The number of hydrogen-bond acceptors (Lipinski definition) is 6. The van der Waals surface area contributed by atoms with Crippen LogP contribution in [0, 0.1) is 0 Å². The highest BCUT2D eigenvalue weighted by atomic mass is 35.5. The lowest BCUT2D eigenvalue weighted by molar-refractivity contribution is -0.121. The zero-order valence-corrected chi connectivity index (χ0v) is 19.7. The zero-order valence-electron chi connectivity index (χ0n) is 18.1. The monoisotopic (exact) mass is 470 g/mol. The van der Waals surface area contributed by atoms with Crippen LogP contribution in [0.4, 0.5) is 5.69 Å². The van der Waals surface area contributed by atoms with Gasteiger partial charge in [-0.2, -0.15) is 0 Å². The van der Waals surface area contributed by atoms with E-state index in [4.69, 9.17) is 25.8 Å². The van der Waals surface area contributed by atoms with Crippen LogP contribution in [0.5, 0.6) is 17.2 Å². The van der Waals surface area contributed by atoms with Gasteiger partial charge in [0, 0.05) is 6.54 Å². The van der Waals surface area contributed by atoms with Crippen molar-refractivity contribution in [3.8, 4) is 17.2 Å². The third kappa shape index (κ3) is 6.18. The first kappa shape index (κ1) is 24.6. The lowest BCUT2D eigenvalue weighted by Gasteiger charge is -2.28. The van der Waals surface area contributed by atoms with E-state index in [0.29, 0.717) is 30.2 Å². The summed E-state index contributed by atoms with van der Waals surface area (Å²) in [5, 5.41) is 3.03. The highest BCUT2D eigenvalue weighted by Gasteiger charge is 2.29. The minimum atomic E-state index is -3.75.